The minimum absolute atomic E-state index is 0.0250. The Morgan fingerprint density at radius 2 is 1.77 bits per heavy atom. The lowest BCUT2D eigenvalue weighted by atomic mass is 9.95. The van der Waals surface area contributed by atoms with E-state index in [0.29, 0.717) is 19.4 Å². The van der Waals surface area contributed by atoms with E-state index in [1.165, 1.54) is 0 Å². The molecule has 0 radical (unpaired) electrons. The Kier molecular flexibility index (Phi) is 8.52. The number of aromatic nitrogens is 1. The molecule has 7 nitrogen and oxygen atoms in total. The molecule has 2 N–H and O–H groups in total. The quantitative estimate of drug-likeness (QED) is 0.368. The minimum atomic E-state index is -1.78. The molecule has 2 amide bonds. The van der Waals surface area contributed by atoms with Crippen molar-refractivity contribution in [2.75, 3.05) is 13.2 Å². The lowest BCUT2D eigenvalue weighted by Crippen LogP contribution is -2.47. The number of hydrogen-bond donors (Lipinski definition) is 2. The van der Waals surface area contributed by atoms with Crippen LogP contribution in [0.4, 0.5) is 17.6 Å². The van der Waals surface area contributed by atoms with Crippen molar-refractivity contribution in [3.05, 3.63) is 53.9 Å². The number of rotatable bonds is 11. The Bertz CT molecular complexity index is 1050. The Balaban J connectivity index is 1.79. The summed E-state index contributed by atoms with van der Waals surface area (Å²) in [7, 11) is 0. The molecule has 3 unspecified atom stereocenters. The molecular formula is C24H27F4N3O4. The summed E-state index contributed by atoms with van der Waals surface area (Å²) in [6, 6.07) is 1.65. The predicted octanol–water partition coefficient (Wildman–Crippen LogP) is 3.29. The van der Waals surface area contributed by atoms with E-state index in [-0.39, 0.29) is 24.3 Å². The third-order valence-corrected chi connectivity index (χ3v) is 5.80. The summed E-state index contributed by atoms with van der Waals surface area (Å²) < 4.78 is 61.3. The van der Waals surface area contributed by atoms with Crippen molar-refractivity contribution in [3.63, 3.8) is 0 Å². The SMILES string of the molecule is CC(C)CC(C(=O)NC(CC1CCNC1=O)C(=O)COc1c(F)c(F)cc(F)c1F)n1cccc1. The van der Waals surface area contributed by atoms with Gasteiger partial charge in [-0.15, -0.1) is 0 Å². The Morgan fingerprint density at radius 3 is 2.31 bits per heavy atom. The number of amides is 2. The summed E-state index contributed by atoms with van der Waals surface area (Å²) in [5.74, 6) is -10.3. The molecule has 35 heavy (non-hydrogen) atoms. The first kappa shape index (κ1) is 26.2. The second kappa shape index (κ2) is 11.4. The van der Waals surface area contributed by atoms with E-state index in [2.05, 4.69) is 10.6 Å². The van der Waals surface area contributed by atoms with Gasteiger partial charge in [-0.25, -0.2) is 8.78 Å². The van der Waals surface area contributed by atoms with Gasteiger partial charge in [-0.2, -0.15) is 8.78 Å². The number of carbonyl (C=O) groups is 3. The summed E-state index contributed by atoms with van der Waals surface area (Å²) in [6.45, 7) is 3.30. The van der Waals surface area contributed by atoms with Crippen molar-refractivity contribution in [2.24, 2.45) is 11.8 Å². The third-order valence-electron chi connectivity index (χ3n) is 5.80. The Hall–Kier alpha value is -3.37. The first-order valence-electron chi connectivity index (χ1n) is 11.3. The number of ketones is 1. The lowest BCUT2D eigenvalue weighted by Gasteiger charge is -2.25. The van der Waals surface area contributed by atoms with E-state index in [9.17, 15) is 31.9 Å². The normalized spacial score (nSPS) is 17.2. The van der Waals surface area contributed by atoms with Gasteiger partial charge in [0, 0.05) is 30.9 Å². The second-order valence-corrected chi connectivity index (χ2v) is 8.90. The number of ether oxygens (including phenoxy) is 1. The summed E-state index contributed by atoms with van der Waals surface area (Å²) >= 11 is 0. The number of carbonyl (C=O) groups excluding carboxylic acids is 3. The van der Waals surface area contributed by atoms with E-state index in [0.717, 1.165) is 0 Å². The van der Waals surface area contributed by atoms with Crippen LogP contribution in [0.2, 0.25) is 0 Å². The second-order valence-electron chi connectivity index (χ2n) is 8.90. The highest BCUT2D eigenvalue weighted by molar-refractivity contribution is 5.92. The van der Waals surface area contributed by atoms with E-state index >= 15 is 0 Å². The first-order valence-corrected chi connectivity index (χ1v) is 11.3. The molecule has 3 rings (SSSR count). The van der Waals surface area contributed by atoms with Gasteiger partial charge in [0.15, 0.2) is 23.2 Å². The van der Waals surface area contributed by atoms with Gasteiger partial charge in [0.05, 0.1) is 6.04 Å². The number of halogens is 4. The Labute approximate surface area is 199 Å². The number of Topliss-reactive ketones (excluding diaryl/α,β-unsaturated/α-hetero) is 1. The van der Waals surface area contributed by atoms with Crippen LogP contribution in [0.25, 0.3) is 0 Å². The zero-order chi connectivity index (χ0) is 25.7. The topological polar surface area (TPSA) is 89.4 Å². The monoisotopic (exact) mass is 497 g/mol. The highest BCUT2D eigenvalue weighted by Gasteiger charge is 2.34. The molecule has 1 saturated heterocycles. The summed E-state index contributed by atoms with van der Waals surface area (Å²) in [5.41, 5.74) is 0. The standard InChI is InChI=1S/C24H27F4N3O4/c1-13(2)9-18(31-7-3-4-8-31)24(34)30-17(10-14-5-6-29-23(14)33)19(32)12-35-22-20(27)15(25)11-16(26)21(22)28/h3-4,7-8,11,13-14,17-18H,5-6,9-10,12H2,1-2H3,(H,29,33)(H,30,34). The van der Waals surface area contributed by atoms with E-state index in [4.69, 9.17) is 4.74 Å². The molecule has 1 aliphatic rings. The van der Waals surface area contributed by atoms with Crippen molar-refractivity contribution in [2.45, 2.75) is 45.2 Å². The summed E-state index contributed by atoms with van der Waals surface area (Å²) in [6.07, 6.45) is 4.25. The van der Waals surface area contributed by atoms with Crippen molar-refractivity contribution in [1.82, 2.24) is 15.2 Å². The maximum absolute atomic E-state index is 13.9. The minimum Gasteiger partial charge on any atom is -0.479 e. The van der Waals surface area contributed by atoms with Gasteiger partial charge >= 0.3 is 0 Å². The Morgan fingerprint density at radius 1 is 1.14 bits per heavy atom. The van der Waals surface area contributed by atoms with E-state index < -0.39 is 65.3 Å². The molecule has 1 aromatic heterocycles. The molecule has 1 aromatic carbocycles. The van der Waals surface area contributed by atoms with Crippen LogP contribution in [-0.4, -0.2) is 41.4 Å². The molecule has 3 atom stereocenters. The molecule has 0 saturated carbocycles. The molecule has 0 aliphatic carbocycles. The zero-order valence-electron chi connectivity index (χ0n) is 19.3. The van der Waals surface area contributed by atoms with Crippen LogP contribution < -0.4 is 15.4 Å². The fourth-order valence-corrected chi connectivity index (χ4v) is 3.98. The third kappa shape index (κ3) is 6.40. The van der Waals surface area contributed by atoms with Gasteiger partial charge in [-0.05, 0) is 37.3 Å². The summed E-state index contributed by atoms with van der Waals surface area (Å²) in [4.78, 5) is 38.2. The van der Waals surface area contributed by atoms with Gasteiger partial charge in [-0.3, -0.25) is 14.4 Å². The molecule has 190 valence electrons. The largest absolute Gasteiger partial charge is 0.479 e. The van der Waals surface area contributed by atoms with Gasteiger partial charge in [-0.1, -0.05) is 13.8 Å². The van der Waals surface area contributed by atoms with Crippen molar-refractivity contribution in [1.29, 1.82) is 0 Å². The number of hydrogen-bond acceptors (Lipinski definition) is 4. The van der Waals surface area contributed by atoms with E-state index in [1.54, 1.807) is 29.1 Å². The fourth-order valence-electron chi connectivity index (χ4n) is 3.98. The van der Waals surface area contributed by atoms with E-state index in [1.807, 2.05) is 13.8 Å². The highest BCUT2D eigenvalue weighted by Crippen LogP contribution is 2.27. The maximum Gasteiger partial charge on any atom is 0.243 e. The van der Waals surface area contributed by atoms with Crippen LogP contribution >= 0.6 is 0 Å². The fraction of sp³-hybridized carbons (Fsp3) is 0.458. The lowest BCUT2D eigenvalue weighted by molar-refractivity contribution is -0.132. The van der Waals surface area contributed by atoms with Crippen LogP contribution in [0, 0.1) is 35.1 Å². The van der Waals surface area contributed by atoms with Crippen LogP contribution in [0.1, 0.15) is 39.2 Å². The van der Waals surface area contributed by atoms with Crippen LogP contribution in [-0.2, 0) is 14.4 Å². The average molecular weight is 497 g/mol. The van der Waals surface area contributed by atoms with Crippen molar-refractivity contribution < 1.29 is 36.7 Å². The van der Waals surface area contributed by atoms with Crippen molar-refractivity contribution in [3.8, 4) is 5.75 Å². The summed E-state index contributed by atoms with van der Waals surface area (Å²) in [5, 5.41) is 5.28. The van der Waals surface area contributed by atoms with Gasteiger partial charge in [0.1, 0.15) is 12.6 Å². The van der Waals surface area contributed by atoms with Gasteiger partial charge < -0.3 is 19.9 Å². The number of nitrogens with zero attached hydrogens (tertiary/aromatic N) is 1. The van der Waals surface area contributed by atoms with Crippen LogP contribution in [0.15, 0.2) is 30.6 Å². The predicted molar refractivity (Wildman–Crippen MR) is 117 cm³/mol. The average Bonchev–Trinajstić information content (AvgIpc) is 3.47. The number of nitrogens with one attached hydrogen (secondary N) is 2. The molecule has 0 bridgehead atoms. The van der Waals surface area contributed by atoms with Crippen LogP contribution in [0.3, 0.4) is 0 Å². The zero-order valence-corrected chi connectivity index (χ0v) is 19.3. The van der Waals surface area contributed by atoms with Crippen LogP contribution in [0.5, 0.6) is 5.75 Å². The number of benzene rings is 1. The van der Waals surface area contributed by atoms with Gasteiger partial charge in [0.2, 0.25) is 23.4 Å². The molecule has 0 spiro atoms. The molecule has 11 heteroatoms. The highest BCUT2D eigenvalue weighted by atomic mass is 19.2. The molecule has 2 heterocycles. The molecule has 2 aromatic rings. The maximum atomic E-state index is 13.9. The molecular weight excluding hydrogens is 470 g/mol. The van der Waals surface area contributed by atoms with Crippen molar-refractivity contribution >= 4 is 17.6 Å². The smallest absolute Gasteiger partial charge is 0.243 e. The first-order chi connectivity index (χ1) is 16.6. The molecule has 1 aliphatic heterocycles. The molecule has 1 fully saturated rings. The van der Waals surface area contributed by atoms with Gasteiger partial charge in [0.25, 0.3) is 0 Å².